The van der Waals surface area contributed by atoms with Crippen LogP contribution >= 0.6 is 0 Å². The molecular formula is C24H26FN7O2. The third-order valence-corrected chi connectivity index (χ3v) is 6.32. The summed E-state index contributed by atoms with van der Waals surface area (Å²) in [5.74, 6) is -0.108. The Morgan fingerprint density at radius 2 is 1.88 bits per heavy atom. The number of imidazole rings is 1. The summed E-state index contributed by atoms with van der Waals surface area (Å²) in [5.41, 5.74) is 8.77. The first-order valence-electron chi connectivity index (χ1n) is 11.1. The van der Waals surface area contributed by atoms with Gasteiger partial charge in [-0.25, -0.2) is 9.37 Å². The van der Waals surface area contributed by atoms with E-state index in [0.29, 0.717) is 23.4 Å². The van der Waals surface area contributed by atoms with Crippen LogP contribution in [0.3, 0.4) is 0 Å². The van der Waals surface area contributed by atoms with Gasteiger partial charge in [-0.1, -0.05) is 6.07 Å². The molecule has 0 atom stereocenters. The highest BCUT2D eigenvalue weighted by Crippen LogP contribution is 2.30. The van der Waals surface area contributed by atoms with Gasteiger partial charge in [-0.15, -0.1) is 0 Å². The Labute approximate surface area is 195 Å². The van der Waals surface area contributed by atoms with Gasteiger partial charge in [0.1, 0.15) is 17.2 Å². The molecule has 9 nitrogen and oxygen atoms in total. The van der Waals surface area contributed by atoms with Gasteiger partial charge in [-0.2, -0.15) is 0 Å². The number of pyridine rings is 1. The Balaban J connectivity index is 1.42. The molecule has 0 bridgehead atoms. The molecule has 0 radical (unpaired) electrons. The van der Waals surface area contributed by atoms with Crippen molar-refractivity contribution in [2.45, 2.75) is 0 Å². The average molecular weight is 464 g/mol. The van der Waals surface area contributed by atoms with Gasteiger partial charge in [0, 0.05) is 46.0 Å². The number of nitrogens with two attached hydrogens (primary N) is 1. The largest absolute Gasteiger partial charge is 0.397 e. The monoisotopic (exact) mass is 463 g/mol. The molecule has 1 fully saturated rings. The second-order valence-electron chi connectivity index (χ2n) is 8.74. The van der Waals surface area contributed by atoms with E-state index in [9.17, 15) is 14.0 Å². The molecule has 4 aromatic rings. The molecule has 10 heteroatoms. The highest BCUT2D eigenvalue weighted by Gasteiger charge is 2.21. The smallest absolute Gasteiger partial charge is 0.261 e. The number of piperazine rings is 1. The van der Waals surface area contributed by atoms with E-state index in [2.05, 4.69) is 24.8 Å². The lowest BCUT2D eigenvalue weighted by Crippen LogP contribution is -2.49. The van der Waals surface area contributed by atoms with Crippen LogP contribution in [0.25, 0.3) is 33.3 Å². The van der Waals surface area contributed by atoms with Crippen LogP contribution in [0.1, 0.15) is 0 Å². The normalized spacial score (nSPS) is 14.7. The molecule has 2 aromatic heterocycles. The van der Waals surface area contributed by atoms with Crippen LogP contribution in [0, 0.1) is 5.82 Å². The van der Waals surface area contributed by atoms with Gasteiger partial charge in [0.25, 0.3) is 5.56 Å². The predicted molar refractivity (Wildman–Crippen MR) is 131 cm³/mol. The second kappa shape index (κ2) is 8.45. The zero-order valence-corrected chi connectivity index (χ0v) is 19.1. The number of hydrogen-bond donors (Lipinski definition) is 3. The standard InChI is InChI=1S/C24H26FN7O2/c1-30(2)19(33)13-31-8-10-32(11-9-31)14-6-7-16-18(12-14)28-23(27-16)21-22(26)20-15(25)4-3-5-17(20)29-24(21)34/h3-7,12H,8-11,13H2,1-2H3,(H,27,28)(H3,26,29,34). The predicted octanol–water partition coefficient (Wildman–Crippen LogP) is 2.00. The van der Waals surface area contributed by atoms with Crippen molar-refractivity contribution < 1.29 is 9.18 Å². The van der Waals surface area contributed by atoms with Gasteiger partial charge < -0.3 is 25.5 Å². The zero-order valence-electron chi connectivity index (χ0n) is 19.1. The molecule has 0 spiro atoms. The van der Waals surface area contributed by atoms with Crippen molar-refractivity contribution in [1.82, 2.24) is 24.8 Å². The van der Waals surface area contributed by atoms with Crippen molar-refractivity contribution in [3.8, 4) is 11.4 Å². The van der Waals surface area contributed by atoms with Crippen molar-refractivity contribution in [3.63, 3.8) is 0 Å². The van der Waals surface area contributed by atoms with E-state index in [0.717, 1.165) is 37.4 Å². The number of nitrogens with one attached hydrogen (secondary N) is 2. The SMILES string of the molecule is CN(C)C(=O)CN1CCN(c2ccc3nc(-c4c(N)c5c(F)cccc5[nH]c4=O)[nH]c3c2)CC1. The molecule has 176 valence electrons. The minimum Gasteiger partial charge on any atom is -0.397 e. The number of likely N-dealkylation sites (N-methyl/N-ethyl adjacent to an activating group) is 1. The van der Waals surface area contributed by atoms with Crippen LogP contribution in [0.5, 0.6) is 0 Å². The number of carbonyl (C=O) groups excluding carboxylic acids is 1. The van der Waals surface area contributed by atoms with Crippen LogP contribution < -0.4 is 16.2 Å². The van der Waals surface area contributed by atoms with E-state index < -0.39 is 11.4 Å². The molecule has 2 aromatic carbocycles. The maximum atomic E-state index is 14.4. The van der Waals surface area contributed by atoms with Gasteiger partial charge >= 0.3 is 0 Å². The summed E-state index contributed by atoms with van der Waals surface area (Å²) in [4.78, 5) is 41.2. The van der Waals surface area contributed by atoms with Gasteiger partial charge in [0.05, 0.1) is 34.2 Å². The number of nitrogen functional groups attached to an aromatic ring is 1. The third-order valence-electron chi connectivity index (χ3n) is 6.32. The van der Waals surface area contributed by atoms with Crippen LogP contribution in [-0.4, -0.2) is 77.5 Å². The fourth-order valence-electron chi connectivity index (χ4n) is 4.38. The van der Waals surface area contributed by atoms with Gasteiger partial charge in [0.15, 0.2) is 0 Å². The van der Waals surface area contributed by atoms with Gasteiger partial charge in [0.2, 0.25) is 5.91 Å². The van der Waals surface area contributed by atoms with Crippen molar-refractivity contribution in [2.24, 2.45) is 0 Å². The molecular weight excluding hydrogens is 437 g/mol. The fourth-order valence-corrected chi connectivity index (χ4v) is 4.38. The summed E-state index contributed by atoms with van der Waals surface area (Å²) in [6.07, 6.45) is 0. The van der Waals surface area contributed by atoms with Crippen molar-refractivity contribution in [1.29, 1.82) is 0 Å². The van der Waals surface area contributed by atoms with E-state index in [4.69, 9.17) is 5.73 Å². The van der Waals surface area contributed by atoms with Gasteiger partial charge in [-0.05, 0) is 30.3 Å². The zero-order chi connectivity index (χ0) is 24.0. The fraction of sp³-hybridized carbons (Fsp3) is 0.292. The van der Waals surface area contributed by atoms with Crippen LogP contribution in [-0.2, 0) is 4.79 Å². The number of amides is 1. The number of H-pyrrole nitrogens is 2. The first kappa shape index (κ1) is 21.9. The van der Waals surface area contributed by atoms with Crippen molar-refractivity contribution in [2.75, 3.05) is 57.5 Å². The summed E-state index contributed by atoms with van der Waals surface area (Å²) in [6, 6.07) is 10.3. The quantitative estimate of drug-likeness (QED) is 0.427. The number of carbonyl (C=O) groups is 1. The summed E-state index contributed by atoms with van der Waals surface area (Å²) >= 11 is 0. The van der Waals surface area contributed by atoms with E-state index in [1.165, 1.54) is 12.1 Å². The number of anilines is 2. The molecule has 5 rings (SSSR count). The lowest BCUT2D eigenvalue weighted by Gasteiger charge is -2.36. The van der Waals surface area contributed by atoms with Gasteiger partial charge in [-0.3, -0.25) is 14.5 Å². The first-order valence-corrected chi connectivity index (χ1v) is 11.1. The molecule has 1 aliphatic rings. The minimum absolute atomic E-state index is 0.0551. The summed E-state index contributed by atoms with van der Waals surface area (Å²) in [6.45, 7) is 3.60. The van der Waals surface area contributed by atoms with E-state index in [1.54, 1.807) is 25.1 Å². The Kier molecular flexibility index (Phi) is 5.45. The van der Waals surface area contributed by atoms with E-state index in [-0.39, 0.29) is 22.5 Å². The summed E-state index contributed by atoms with van der Waals surface area (Å²) < 4.78 is 14.4. The summed E-state index contributed by atoms with van der Waals surface area (Å²) in [7, 11) is 3.53. The highest BCUT2D eigenvalue weighted by atomic mass is 19.1. The third kappa shape index (κ3) is 3.86. The van der Waals surface area contributed by atoms with E-state index >= 15 is 0 Å². The number of hydrogen-bond acceptors (Lipinski definition) is 6. The number of aromatic amines is 2. The first-order chi connectivity index (χ1) is 16.3. The number of aromatic nitrogens is 3. The number of rotatable bonds is 4. The summed E-state index contributed by atoms with van der Waals surface area (Å²) in [5, 5.41) is 0.170. The Morgan fingerprint density at radius 3 is 2.62 bits per heavy atom. The number of halogens is 1. The molecule has 4 N–H and O–H groups in total. The van der Waals surface area contributed by atoms with Crippen LogP contribution in [0.4, 0.5) is 15.8 Å². The Morgan fingerprint density at radius 1 is 1.12 bits per heavy atom. The maximum absolute atomic E-state index is 14.4. The molecule has 3 heterocycles. The minimum atomic E-state index is -0.502. The molecule has 34 heavy (non-hydrogen) atoms. The molecule has 0 aliphatic carbocycles. The number of benzene rings is 2. The molecule has 1 amide bonds. The Hall–Kier alpha value is -3.92. The molecule has 1 aliphatic heterocycles. The lowest BCUT2D eigenvalue weighted by atomic mass is 10.1. The maximum Gasteiger partial charge on any atom is 0.261 e. The molecule has 0 saturated carbocycles. The van der Waals surface area contributed by atoms with Crippen LogP contribution in [0.2, 0.25) is 0 Å². The van der Waals surface area contributed by atoms with Crippen molar-refractivity contribution >= 4 is 39.2 Å². The van der Waals surface area contributed by atoms with E-state index in [1.807, 2.05) is 18.2 Å². The van der Waals surface area contributed by atoms with Crippen molar-refractivity contribution in [3.05, 3.63) is 52.6 Å². The molecule has 1 saturated heterocycles. The second-order valence-corrected chi connectivity index (χ2v) is 8.74. The molecule has 0 unspecified atom stereocenters. The average Bonchev–Trinajstić information content (AvgIpc) is 3.22. The number of nitrogens with zero attached hydrogens (tertiary/aromatic N) is 4. The number of fused-ring (bicyclic) bond motifs is 2. The lowest BCUT2D eigenvalue weighted by molar-refractivity contribution is -0.129. The highest BCUT2D eigenvalue weighted by molar-refractivity contribution is 5.98. The van der Waals surface area contributed by atoms with Crippen LogP contribution in [0.15, 0.2) is 41.2 Å². The Bertz CT molecular complexity index is 1450. The topological polar surface area (TPSA) is 114 Å².